The van der Waals surface area contributed by atoms with Gasteiger partial charge in [-0.25, -0.2) is 4.79 Å². The van der Waals surface area contributed by atoms with Crippen molar-refractivity contribution in [1.29, 1.82) is 0 Å². The van der Waals surface area contributed by atoms with E-state index in [1.807, 2.05) is 97.1 Å². The third-order valence-electron chi connectivity index (χ3n) is 4.91. The van der Waals surface area contributed by atoms with Gasteiger partial charge in [0, 0.05) is 17.5 Å². The molecule has 0 saturated heterocycles. The summed E-state index contributed by atoms with van der Waals surface area (Å²) < 4.78 is 0. The fourth-order valence-electron chi connectivity index (χ4n) is 3.44. The number of hydrogen-bond donors (Lipinski definition) is 1. The maximum absolute atomic E-state index is 12.1. The highest BCUT2D eigenvalue weighted by atomic mass is 16.4. The topological polar surface area (TPSA) is 49.7 Å². The fraction of sp³-hybridized carbons (Fsp3) is 0.0769. The molecule has 1 atom stereocenters. The summed E-state index contributed by atoms with van der Waals surface area (Å²) in [5, 5.41) is 12.1. The van der Waals surface area contributed by atoms with Gasteiger partial charge in [-0.15, -0.1) is 0 Å². The minimum absolute atomic E-state index is 0.337. The molecule has 0 aliphatic rings. The third-order valence-corrected chi connectivity index (χ3v) is 4.91. The number of carbonyl (C=O) groups is 1. The molecule has 1 unspecified atom stereocenters. The molecular weight excluding hydrogens is 358 g/mol. The lowest BCUT2D eigenvalue weighted by Gasteiger charge is -2.13. The van der Waals surface area contributed by atoms with Crippen LogP contribution in [0.15, 0.2) is 108 Å². The lowest BCUT2D eigenvalue weighted by Crippen LogP contribution is -2.23. The molecule has 3 nitrogen and oxygen atoms in total. The second kappa shape index (κ2) is 8.53. The zero-order valence-electron chi connectivity index (χ0n) is 15.9. The van der Waals surface area contributed by atoms with Crippen LogP contribution in [0.1, 0.15) is 16.7 Å². The van der Waals surface area contributed by atoms with E-state index in [1.54, 1.807) is 0 Å². The summed E-state index contributed by atoms with van der Waals surface area (Å²) in [6.07, 6.45) is 0.337. The molecule has 4 aromatic rings. The first-order valence-corrected chi connectivity index (χ1v) is 9.60. The summed E-state index contributed by atoms with van der Waals surface area (Å²) >= 11 is 0. The number of hydrogen-bond acceptors (Lipinski definition) is 2. The van der Waals surface area contributed by atoms with E-state index in [0.717, 1.165) is 27.5 Å². The maximum Gasteiger partial charge on any atom is 0.328 e. The molecule has 0 aliphatic carbocycles. The average Bonchev–Trinajstić information content (AvgIpc) is 2.77. The molecule has 3 heteroatoms. The highest BCUT2D eigenvalue weighted by Crippen LogP contribution is 2.19. The van der Waals surface area contributed by atoms with Crippen LogP contribution >= 0.6 is 0 Å². The molecule has 0 heterocycles. The number of aliphatic carboxylic acids is 1. The number of nitrogens with zero attached hydrogens (tertiary/aromatic N) is 1. The minimum Gasteiger partial charge on any atom is -0.480 e. The highest BCUT2D eigenvalue weighted by molar-refractivity contribution is 6.13. The predicted octanol–water partition coefficient (Wildman–Crippen LogP) is 5.37. The molecule has 0 spiro atoms. The van der Waals surface area contributed by atoms with E-state index < -0.39 is 12.0 Å². The Hall–Kier alpha value is -3.72. The van der Waals surface area contributed by atoms with Crippen LogP contribution in [-0.2, 0) is 11.2 Å². The maximum atomic E-state index is 12.1. The van der Waals surface area contributed by atoms with Crippen molar-refractivity contribution in [2.24, 2.45) is 4.99 Å². The van der Waals surface area contributed by atoms with Gasteiger partial charge in [-0.2, -0.15) is 0 Å². The normalized spacial score (nSPS) is 11.7. The van der Waals surface area contributed by atoms with Gasteiger partial charge < -0.3 is 5.11 Å². The molecule has 4 aromatic carbocycles. The largest absolute Gasteiger partial charge is 0.480 e. The minimum atomic E-state index is -0.928. The molecule has 142 valence electrons. The number of fused-ring (bicyclic) bond motifs is 1. The van der Waals surface area contributed by atoms with Gasteiger partial charge in [-0.1, -0.05) is 103 Å². The van der Waals surface area contributed by atoms with Crippen molar-refractivity contribution in [2.75, 3.05) is 0 Å². The second-order valence-corrected chi connectivity index (χ2v) is 6.95. The Morgan fingerprint density at radius 2 is 1.28 bits per heavy atom. The Morgan fingerprint density at radius 3 is 1.86 bits per heavy atom. The number of rotatable bonds is 6. The van der Waals surface area contributed by atoms with E-state index in [9.17, 15) is 9.90 Å². The Labute approximate surface area is 170 Å². The average molecular weight is 379 g/mol. The Kier molecular flexibility index (Phi) is 5.48. The van der Waals surface area contributed by atoms with Crippen molar-refractivity contribution in [1.82, 2.24) is 0 Å². The molecule has 0 radical (unpaired) electrons. The molecule has 0 aromatic heterocycles. The van der Waals surface area contributed by atoms with Crippen LogP contribution in [-0.4, -0.2) is 22.8 Å². The number of carboxylic acids is 1. The van der Waals surface area contributed by atoms with Gasteiger partial charge in [0.2, 0.25) is 0 Å². The van der Waals surface area contributed by atoms with Crippen LogP contribution in [0, 0.1) is 0 Å². The molecule has 0 aliphatic heterocycles. The van der Waals surface area contributed by atoms with Crippen LogP contribution in [0.25, 0.3) is 10.8 Å². The van der Waals surface area contributed by atoms with Crippen LogP contribution in [0.2, 0.25) is 0 Å². The third kappa shape index (κ3) is 4.41. The van der Waals surface area contributed by atoms with Gasteiger partial charge in [-0.3, -0.25) is 4.99 Å². The monoisotopic (exact) mass is 379 g/mol. The van der Waals surface area contributed by atoms with Crippen molar-refractivity contribution in [3.8, 4) is 0 Å². The number of carboxylic acid groups (broad SMARTS) is 1. The van der Waals surface area contributed by atoms with Gasteiger partial charge in [0.05, 0.1) is 5.71 Å². The molecule has 4 rings (SSSR count). The lowest BCUT2D eigenvalue weighted by atomic mass is 9.99. The summed E-state index contributed by atoms with van der Waals surface area (Å²) in [6.45, 7) is 0. The van der Waals surface area contributed by atoms with E-state index in [-0.39, 0.29) is 0 Å². The first-order valence-electron chi connectivity index (χ1n) is 9.60. The van der Waals surface area contributed by atoms with Gasteiger partial charge in [0.25, 0.3) is 0 Å². The van der Waals surface area contributed by atoms with Crippen molar-refractivity contribution in [3.05, 3.63) is 120 Å². The molecule has 29 heavy (non-hydrogen) atoms. The van der Waals surface area contributed by atoms with E-state index >= 15 is 0 Å². The fourth-order valence-corrected chi connectivity index (χ4v) is 3.44. The van der Waals surface area contributed by atoms with Crippen molar-refractivity contribution >= 4 is 22.5 Å². The summed E-state index contributed by atoms with van der Waals surface area (Å²) in [7, 11) is 0. The molecule has 0 amide bonds. The first kappa shape index (κ1) is 18.6. The smallest absolute Gasteiger partial charge is 0.328 e. The number of aliphatic imine (C=N–C) groups is 1. The van der Waals surface area contributed by atoms with Crippen molar-refractivity contribution < 1.29 is 9.90 Å². The Balaban J connectivity index is 1.73. The summed E-state index contributed by atoms with van der Waals surface area (Å²) in [6, 6.07) is 32.7. The zero-order chi connectivity index (χ0) is 20.1. The van der Waals surface area contributed by atoms with E-state index in [1.165, 1.54) is 0 Å². The first-order chi connectivity index (χ1) is 14.2. The van der Waals surface area contributed by atoms with Gasteiger partial charge in [-0.05, 0) is 16.3 Å². The Bertz CT molecular complexity index is 1110. The molecule has 0 bridgehead atoms. The lowest BCUT2D eigenvalue weighted by molar-refractivity contribution is -0.138. The Morgan fingerprint density at radius 1 is 0.724 bits per heavy atom. The quantitative estimate of drug-likeness (QED) is 0.458. The van der Waals surface area contributed by atoms with E-state index in [4.69, 9.17) is 4.99 Å². The molecule has 1 N–H and O–H groups in total. The van der Waals surface area contributed by atoms with Crippen molar-refractivity contribution in [3.63, 3.8) is 0 Å². The van der Waals surface area contributed by atoms with Crippen molar-refractivity contribution in [2.45, 2.75) is 12.5 Å². The van der Waals surface area contributed by atoms with Gasteiger partial charge in [0.1, 0.15) is 0 Å². The summed E-state index contributed by atoms with van der Waals surface area (Å²) in [5.41, 5.74) is 3.46. The van der Waals surface area contributed by atoms with Gasteiger partial charge in [0.15, 0.2) is 6.04 Å². The van der Waals surface area contributed by atoms with Crippen LogP contribution in [0.3, 0.4) is 0 Å². The van der Waals surface area contributed by atoms with Gasteiger partial charge >= 0.3 is 5.97 Å². The van der Waals surface area contributed by atoms with Crippen LogP contribution in [0.4, 0.5) is 0 Å². The van der Waals surface area contributed by atoms with Crippen LogP contribution in [0.5, 0.6) is 0 Å². The highest BCUT2D eigenvalue weighted by Gasteiger charge is 2.19. The SMILES string of the molecule is O=C(O)C(Cc1ccc2ccccc2c1)N=C(c1ccccc1)c1ccccc1. The number of benzene rings is 4. The summed E-state index contributed by atoms with van der Waals surface area (Å²) in [5.74, 6) is -0.928. The standard InChI is InChI=1S/C26H21NO2/c28-26(29)24(18-19-15-16-20-9-7-8-14-23(20)17-19)27-25(21-10-3-1-4-11-21)22-12-5-2-6-13-22/h1-17,24H,18H2,(H,28,29). The van der Waals surface area contributed by atoms with E-state index in [2.05, 4.69) is 6.07 Å². The molecular formula is C26H21NO2. The predicted molar refractivity (Wildman–Crippen MR) is 118 cm³/mol. The van der Waals surface area contributed by atoms with E-state index in [0.29, 0.717) is 12.1 Å². The molecule has 0 saturated carbocycles. The van der Waals surface area contributed by atoms with Crippen LogP contribution < -0.4 is 0 Å². The summed E-state index contributed by atoms with van der Waals surface area (Å²) in [4.78, 5) is 16.8. The second-order valence-electron chi connectivity index (χ2n) is 6.95. The zero-order valence-corrected chi connectivity index (χ0v) is 15.9. The molecule has 0 fully saturated rings.